The Hall–Kier alpha value is -2.57. The van der Waals surface area contributed by atoms with Crippen molar-refractivity contribution < 1.29 is 9.59 Å². The molecule has 100 valence electrons. The van der Waals surface area contributed by atoms with Crippen LogP contribution < -0.4 is 21.7 Å². The second-order valence-corrected chi connectivity index (χ2v) is 4.30. The van der Waals surface area contributed by atoms with Crippen LogP contribution in [0.25, 0.3) is 0 Å². The predicted molar refractivity (Wildman–Crippen MR) is 70.9 cm³/mol. The summed E-state index contributed by atoms with van der Waals surface area (Å²) in [6, 6.07) is 5.54. The van der Waals surface area contributed by atoms with Crippen LogP contribution in [0.3, 0.4) is 0 Å². The monoisotopic (exact) mass is 261 g/mol. The molecule has 1 saturated heterocycles. The van der Waals surface area contributed by atoms with Gasteiger partial charge in [0.25, 0.3) is 0 Å². The maximum absolute atomic E-state index is 12.0. The van der Waals surface area contributed by atoms with Crippen LogP contribution in [-0.2, 0) is 4.79 Å². The molecule has 7 heteroatoms. The molecule has 0 aromatic heterocycles. The van der Waals surface area contributed by atoms with Crippen molar-refractivity contribution in [1.82, 2.24) is 5.32 Å². The maximum atomic E-state index is 12.0. The summed E-state index contributed by atoms with van der Waals surface area (Å²) in [4.78, 5) is 24.4. The third-order valence-corrected chi connectivity index (χ3v) is 3.01. The molecule has 0 bridgehead atoms. The number of urea groups is 1. The minimum absolute atomic E-state index is 0.0208. The lowest BCUT2D eigenvalue weighted by Crippen LogP contribution is -2.43. The van der Waals surface area contributed by atoms with Crippen molar-refractivity contribution in [2.45, 2.75) is 12.5 Å². The van der Waals surface area contributed by atoms with Crippen molar-refractivity contribution >= 4 is 23.5 Å². The van der Waals surface area contributed by atoms with Gasteiger partial charge in [0.15, 0.2) is 0 Å². The summed E-state index contributed by atoms with van der Waals surface area (Å²) in [5.41, 5.74) is 11.7. The summed E-state index contributed by atoms with van der Waals surface area (Å²) in [7, 11) is 0. The fourth-order valence-electron chi connectivity index (χ4n) is 2.06. The number of anilines is 1. The number of nitrogens with two attached hydrogens (primary N) is 2. The first-order chi connectivity index (χ1) is 8.99. The molecule has 1 aromatic rings. The van der Waals surface area contributed by atoms with Gasteiger partial charge in [-0.1, -0.05) is 0 Å². The lowest BCUT2D eigenvalue weighted by Gasteiger charge is -2.17. The van der Waals surface area contributed by atoms with E-state index >= 15 is 0 Å². The standard InChI is InChI=1S/C12H15N5O2/c13-10(14)7-1-3-8(4-2-7)17-6-5-9(11(17)18)16-12(15)19/h1-4,9H,5-6H2,(H3,13,14)(H3,15,16,19)/t9-/m0/s1. The van der Waals surface area contributed by atoms with E-state index < -0.39 is 12.1 Å². The average molecular weight is 261 g/mol. The van der Waals surface area contributed by atoms with Gasteiger partial charge in [-0.2, -0.15) is 0 Å². The molecule has 19 heavy (non-hydrogen) atoms. The van der Waals surface area contributed by atoms with Crippen LogP contribution in [0.5, 0.6) is 0 Å². The van der Waals surface area contributed by atoms with E-state index in [1.807, 2.05) is 0 Å². The van der Waals surface area contributed by atoms with Crippen LogP contribution in [0.1, 0.15) is 12.0 Å². The Kier molecular flexibility index (Phi) is 3.37. The molecule has 1 aliphatic heterocycles. The Bertz CT molecular complexity index is 525. The van der Waals surface area contributed by atoms with E-state index in [-0.39, 0.29) is 11.7 Å². The van der Waals surface area contributed by atoms with E-state index in [2.05, 4.69) is 5.32 Å². The molecule has 0 spiro atoms. The van der Waals surface area contributed by atoms with Gasteiger partial charge in [0.1, 0.15) is 11.9 Å². The molecule has 1 aromatic carbocycles. The lowest BCUT2D eigenvalue weighted by molar-refractivity contribution is -0.118. The largest absolute Gasteiger partial charge is 0.384 e. The Morgan fingerprint density at radius 1 is 1.32 bits per heavy atom. The maximum Gasteiger partial charge on any atom is 0.312 e. The summed E-state index contributed by atoms with van der Waals surface area (Å²) >= 11 is 0. The average Bonchev–Trinajstić information content (AvgIpc) is 2.70. The molecular weight excluding hydrogens is 246 g/mol. The van der Waals surface area contributed by atoms with Crippen molar-refractivity contribution in [3.63, 3.8) is 0 Å². The molecule has 1 aliphatic rings. The number of hydrogen-bond acceptors (Lipinski definition) is 3. The fraction of sp³-hybridized carbons (Fsp3) is 0.250. The topological polar surface area (TPSA) is 125 Å². The van der Waals surface area contributed by atoms with E-state index in [9.17, 15) is 9.59 Å². The smallest absolute Gasteiger partial charge is 0.312 e. The van der Waals surface area contributed by atoms with Gasteiger partial charge in [-0.05, 0) is 30.7 Å². The zero-order chi connectivity index (χ0) is 14.0. The summed E-state index contributed by atoms with van der Waals surface area (Å²) in [6.07, 6.45) is 0.524. The van der Waals surface area contributed by atoms with E-state index in [0.29, 0.717) is 24.2 Å². The van der Waals surface area contributed by atoms with Crippen molar-refractivity contribution in [3.8, 4) is 0 Å². The number of benzene rings is 1. The number of carbonyl (C=O) groups excluding carboxylic acids is 2. The minimum atomic E-state index is -0.702. The summed E-state index contributed by atoms with van der Waals surface area (Å²) < 4.78 is 0. The van der Waals surface area contributed by atoms with Gasteiger partial charge < -0.3 is 21.7 Å². The zero-order valence-electron chi connectivity index (χ0n) is 10.2. The quantitative estimate of drug-likeness (QED) is 0.442. The third-order valence-electron chi connectivity index (χ3n) is 3.01. The van der Waals surface area contributed by atoms with Gasteiger partial charge in [0, 0.05) is 17.8 Å². The van der Waals surface area contributed by atoms with Crippen LogP contribution in [0.15, 0.2) is 24.3 Å². The number of amides is 3. The molecule has 0 unspecified atom stereocenters. The fourth-order valence-corrected chi connectivity index (χ4v) is 2.06. The van der Waals surface area contributed by atoms with Crippen LogP contribution in [0, 0.1) is 5.41 Å². The van der Waals surface area contributed by atoms with E-state index in [1.165, 1.54) is 0 Å². The first-order valence-electron chi connectivity index (χ1n) is 5.81. The number of carbonyl (C=O) groups is 2. The Morgan fingerprint density at radius 3 is 2.47 bits per heavy atom. The molecule has 1 fully saturated rings. The van der Waals surface area contributed by atoms with Gasteiger partial charge >= 0.3 is 6.03 Å². The van der Waals surface area contributed by atoms with Gasteiger partial charge in [-0.15, -0.1) is 0 Å². The van der Waals surface area contributed by atoms with Crippen LogP contribution >= 0.6 is 0 Å². The highest BCUT2D eigenvalue weighted by Gasteiger charge is 2.33. The number of hydrogen-bond donors (Lipinski definition) is 4. The first-order valence-corrected chi connectivity index (χ1v) is 5.81. The van der Waals surface area contributed by atoms with Gasteiger partial charge in [-0.3, -0.25) is 10.2 Å². The Balaban J connectivity index is 2.13. The number of nitrogens with zero attached hydrogens (tertiary/aromatic N) is 1. The molecular formula is C12H15N5O2. The number of nitrogen functional groups attached to an aromatic ring is 1. The molecule has 6 N–H and O–H groups in total. The van der Waals surface area contributed by atoms with E-state index in [1.54, 1.807) is 29.2 Å². The van der Waals surface area contributed by atoms with Crippen LogP contribution in [0.2, 0.25) is 0 Å². The van der Waals surface area contributed by atoms with Gasteiger partial charge in [0.2, 0.25) is 5.91 Å². The Morgan fingerprint density at radius 2 is 1.95 bits per heavy atom. The summed E-state index contributed by atoms with van der Waals surface area (Å²) in [6.45, 7) is 0.517. The van der Waals surface area contributed by atoms with Crippen molar-refractivity contribution in [3.05, 3.63) is 29.8 Å². The zero-order valence-corrected chi connectivity index (χ0v) is 10.2. The summed E-state index contributed by atoms with van der Waals surface area (Å²) in [5, 5.41) is 9.71. The third kappa shape index (κ3) is 2.65. The Labute approximate surface area is 110 Å². The predicted octanol–water partition coefficient (Wildman–Crippen LogP) is -0.256. The van der Waals surface area contributed by atoms with Gasteiger partial charge in [0.05, 0.1) is 0 Å². The second-order valence-electron chi connectivity index (χ2n) is 4.30. The second kappa shape index (κ2) is 4.97. The molecule has 0 aliphatic carbocycles. The highest BCUT2D eigenvalue weighted by Crippen LogP contribution is 2.21. The first kappa shape index (κ1) is 12.9. The van der Waals surface area contributed by atoms with Crippen LogP contribution in [-0.4, -0.2) is 30.4 Å². The van der Waals surface area contributed by atoms with E-state index in [0.717, 1.165) is 0 Å². The number of nitrogens with one attached hydrogen (secondary N) is 2. The molecule has 2 rings (SSSR count). The number of amidine groups is 1. The van der Waals surface area contributed by atoms with Crippen molar-refractivity contribution in [1.29, 1.82) is 5.41 Å². The lowest BCUT2D eigenvalue weighted by atomic mass is 10.2. The molecule has 7 nitrogen and oxygen atoms in total. The van der Waals surface area contributed by atoms with Crippen molar-refractivity contribution in [2.24, 2.45) is 11.5 Å². The van der Waals surface area contributed by atoms with Crippen LogP contribution in [0.4, 0.5) is 10.5 Å². The highest BCUT2D eigenvalue weighted by molar-refractivity contribution is 6.01. The number of rotatable bonds is 3. The molecule has 1 heterocycles. The molecule has 1 atom stereocenters. The summed E-state index contributed by atoms with van der Waals surface area (Å²) in [5.74, 6) is -0.207. The van der Waals surface area contributed by atoms with E-state index in [4.69, 9.17) is 16.9 Å². The highest BCUT2D eigenvalue weighted by atomic mass is 16.2. The van der Waals surface area contributed by atoms with Gasteiger partial charge in [-0.25, -0.2) is 4.79 Å². The number of primary amides is 1. The normalized spacial score (nSPS) is 18.4. The molecule has 0 saturated carbocycles. The molecule has 0 radical (unpaired) electrons. The SMILES string of the molecule is N=C(N)c1ccc(N2CC[C@H](NC(N)=O)C2=O)cc1. The minimum Gasteiger partial charge on any atom is -0.384 e. The van der Waals surface area contributed by atoms with Crippen molar-refractivity contribution in [2.75, 3.05) is 11.4 Å². The molecule has 3 amide bonds.